The second-order valence-electron chi connectivity index (χ2n) is 5.41. The molecule has 0 aromatic carbocycles. The number of aryl methyl sites for hydroxylation is 2. The molecular weight excluding hydrogens is 230 g/mol. The van der Waals surface area contributed by atoms with Gasteiger partial charge in [0.2, 0.25) is 5.91 Å². The van der Waals surface area contributed by atoms with Gasteiger partial charge in [-0.2, -0.15) is 0 Å². The van der Waals surface area contributed by atoms with Gasteiger partial charge in [0.25, 0.3) is 0 Å². The van der Waals surface area contributed by atoms with E-state index in [2.05, 4.69) is 15.8 Å². The highest BCUT2D eigenvalue weighted by Crippen LogP contribution is 2.33. The van der Waals surface area contributed by atoms with Crippen molar-refractivity contribution in [2.24, 2.45) is 5.92 Å². The Morgan fingerprint density at radius 2 is 2.33 bits per heavy atom. The number of hydrogen-bond donors (Lipinski definition) is 2. The Hall–Kier alpha value is -1.36. The molecule has 3 atom stereocenters. The highest BCUT2D eigenvalue weighted by molar-refractivity contribution is 5.80. The summed E-state index contributed by atoms with van der Waals surface area (Å²) in [6, 6.07) is 0.949. The molecule has 5 nitrogen and oxygen atoms in total. The zero-order valence-electron chi connectivity index (χ0n) is 10.8. The maximum atomic E-state index is 12.2. The molecule has 1 amide bonds. The first kappa shape index (κ1) is 11.7. The fourth-order valence-corrected chi connectivity index (χ4v) is 3.17. The van der Waals surface area contributed by atoms with Crippen LogP contribution in [0, 0.1) is 19.8 Å². The number of nitrogens with zero attached hydrogens (tertiary/aromatic N) is 1. The van der Waals surface area contributed by atoms with E-state index in [-0.39, 0.29) is 11.8 Å². The Bertz CT molecular complexity index is 449. The molecule has 5 heteroatoms. The first-order valence-corrected chi connectivity index (χ1v) is 6.60. The van der Waals surface area contributed by atoms with Crippen molar-refractivity contribution < 1.29 is 9.32 Å². The summed E-state index contributed by atoms with van der Waals surface area (Å²) >= 11 is 0. The van der Waals surface area contributed by atoms with E-state index in [1.54, 1.807) is 0 Å². The van der Waals surface area contributed by atoms with Crippen molar-refractivity contribution in [3.63, 3.8) is 0 Å². The zero-order valence-corrected chi connectivity index (χ0v) is 10.8. The monoisotopic (exact) mass is 249 g/mol. The van der Waals surface area contributed by atoms with Crippen molar-refractivity contribution in [3.8, 4) is 0 Å². The molecule has 98 valence electrons. The zero-order chi connectivity index (χ0) is 12.7. The number of hydrogen-bond acceptors (Lipinski definition) is 4. The van der Waals surface area contributed by atoms with Gasteiger partial charge in [0, 0.05) is 24.2 Å². The Morgan fingerprint density at radius 1 is 1.50 bits per heavy atom. The lowest BCUT2D eigenvalue weighted by Gasteiger charge is -2.19. The number of carbonyl (C=O) groups excluding carboxylic acids is 1. The summed E-state index contributed by atoms with van der Waals surface area (Å²) in [6.07, 6.45) is 3.34. The van der Waals surface area contributed by atoms with Crippen LogP contribution in [-0.2, 0) is 11.3 Å². The first-order valence-electron chi connectivity index (χ1n) is 6.60. The Kier molecular flexibility index (Phi) is 2.86. The molecule has 1 aromatic heterocycles. The minimum atomic E-state index is 0.143. The summed E-state index contributed by atoms with van der Waals surface area (Å²) in [5, 5.41) is 10.4. The number of rotatable bonds is 3. The second kappa shape index (κ2) is 4.39. The lowest BCUT2D eigenvalue weighted by molar-refractivity contribution is -0.125. The van der Waals surface area contributed by atoms with E-state index in [1.165, 1.54) is 6.42 Å². The number of fused-ring (bicyclic) bond motifs is 2. The Balaban J connectivity index is 1.59. The fourth-order valence-electron chi connectivity index (χ4n) is 3.17. The van der Waals surface area contributed by atoms with E-state index >= 15 is 0 Å². The van der Waals surface area contributed by atoms with Gasteiger partial charge >= 0.3 is 0 Å². The molecule has 0 saturated carbocycles. The SMILES string of the molecule is Cc1noc(C)c1CNC(=O)C1CC2CCC1N2. The summed E-state index contributed by atoms with van der Waals surface area (Å²) in [4.78, 5) is 12.2. The van der Waals surface area contributed by atoms with Crippen molar-refractivity contribution in [3.05, 3.63) is 17.0 Å². The van der Waals surface area contributed by atoms with Gasteiger partial charge in [0.15, 0.2) is 0 Å². The third-order valence-corrected chi connectivity index (χ3v) is 4.26. The minimum absolute atomic E-state index is 0.143. The molecule has 2 saturated heterocycles. The third kappa shape index (κ3) is 1.92. The van der Waals surface area contributed by atoms with Gasteiger partial charge in [0.1, 0.15) is 5.76 Å². The standard InChI is InChI=1S/C13H19N3O2/c1-7-11(8(2)18-16-7)6-14-13(17)10-5-9-3-4-12(10)15-9/h9-10,12,15H,3-6H2,1-2H3,(H,14,17). The molecule has 2 fully saturated rings. The highest BCUT2D eigenvalue weighted by atomic mass is 16.5. The van der Waals surface area contributed by atoms with Crippen molar-refractivity contribution in [2.75, 3.05) is 0 Å². The Morgan fingerprint density at radius 3 is 2.89 bits per heavy atom. The molecular formula is C13H19N3O2. The molecule has 1 aromatic rings. The predicted molar refractivity (Wildman–Crippen MR) is 65.9 cm³/mol. The number of aromatic nitrogens is 1. The largest absolute Gasteiger partial charge is 0.361 e. The smallest absolute Gasteiger partial charge is 0.225 e. The van der Waals surface area contributed by atoms with Crippen LogP contribution in [0.2, 0.25) is 0 Å². The third-order valence-electron chi connectivity index (χ3n) is 4.26. The maximum absolute atomic E-state index is 12.2. The fraction of sp³-hybridized carbons (Fsp3) is 0.692. The lowest BCUT2D eigenvalue weighted by Crippen LogP contribution is -2.37. The van der Waals surface area contributed by atoms with Crippen LogP contribution in [0.15, 0.2) is 4.52 Å². The van der Waals surface area contributed by atoms with Crippen LogP contribution in [0.25, 0.3) is 0 Å². The van der Waals surface area contributed by atoms with Crippen molar-refractivity contribution >= 4 is 5.91 Å². The summed E-state index contributed by atoms with van der Waals surface area (Å²) < 4.78 is 5.09. The molecule has 2 bridgehead atoms. The van der Waals surface area contributed by atoms with Gasteiger partial charge in [0.05, 0.1) is 11.6 Å². The molecule has 18 heavy (non-hydrogen) atoms. The number of carbonyl (C=O) groups is 1. The van der Waals surface area contributed by atoms with Crippen LogP contribution in [0.3, 0.4) is 0 Å². The summed E-state index contributed by atoms with van der Waals surface area (Å²) in [7, 11) is 0. The van der Waals surface area contributed by atoms with E-state index in [9.17, 15) is 4.79 Å². The van der Waals surface area contributed by atoms with E-state index < -0.39 is 0 Å². The maximum Gasteiger partial charge on any atom is 0.225 e. The molecule has 2 aliphatic rings. The van der Waals surface area contributed by atoms with Crippen LogP contribution in [0.1, 0.15) is 36.3 Å². The summed E-state index contributed by atoms with van der Waals surface area (Å²) in [5.74, 6) is 1.10. The molecule has 0 radical (unpaired) electrons. The van der Waals surface area contributed by atoms with E-state index in [0.717, 1.165) is 29.9 Å². The van der Waals surface area contributed by atoms with Gasteiger partial charge in [-0.25, -0.2) is 0 Å². The quantitative estimate of drug-likeness (QED) is 0.840. The highest BCUT2D eigenvalue weighted by Gasteiger charge is 2.42. The van der Waals surface area contributed by atoms with Crippen LogP contribution in [0.4, 0.5) is 0 Å². The molecule has 2 N–H and O–H groups in total. The van der Waals surface area contributed by atoms with Crippen molar-refractivity contribution in [1.29, 1.82) is 0 Å². The summed E-state index contributed by atoms with van der Waals surface area (Å²) in [6.45, 7) is 4.30. The normalized spacial score (nSPS) is 29.8. The average Bonchev–Trinajstić information content (AvgIpc) is 3.04. The molecule has 3 unspecified atom stereocenters. The van der Waals surface area contributed by atoms with E-state index in [4.69, 9.17) is 4.52 Å². The molecule has 2 aliphatic heterocycles. The predicted octanol–water partition coefficient (Wildman–Crippen LogP) is 1.05. The molecule has 3 rings (SSSR count). The van der Waals surface area contributed by atoms with Crippen molar-refractivity contribution in [1.82, 2.24) is 15.8 Å². The first-order chi connectivity index (χ1) is 8.65. The summed E-state index contributed by atoms with van der Waals surface area (Å²) in [5.41, 5.74) is 1.86. The van der Waals surface area contributed by atoms with Gasteiger partial charge in [-0.05, 0) is 33.1 Å². The van der Waals surface area contributed by atoms with Gasteiger partial charge in [-0.1, -0.05) is 5.16 Å². The van der Waals surface area contributed by atoms with Gasteiger partial charge < -0.3 is 15.2 Å². The van der Waals surface area contributed by atoms with Crippen LogP contribution in [-0.4, -0.2) is 23.1 Å². The second-order valence-corrected chi connectivity index (χ2v) is 5.41. The van der Waals surface area contributed by atoms with Crippen LogP contribution < -0.4 is 10.6 Å². The Labute approximate surface area is 106 Å². The number of amides is 1. The van der Waals surface area contributed by atoms with Gasteiger partial charge in [-0.15, -0.1) is 0 Å². The topological polar surface area (TPSA) is 67.2 Å². The lowest BCUT2D eigenvalue weighted by atomic mass is 9.88. The van der Waals surface area contributed by atoms with Crippen LogP contribution >= 0.6 is 0 Å². The van der Waals surface area contributed by atoms with E-state index in [0.29, 0.717) is 18.6 Å². The molecule has 0 aliphatic carbocycles. The molecule has 0 spiro atoms. The van der Waals surface area contributed by atoms with Crippen molar-refractivity contribution in [2.45, 2.75) is 51.7 Å². The van der Waals surface area contributed by atoms with Crippen LogP contribution in [0.5, 0.6) is 0 Å². The average molecular weight is 249 g/mol. The molecule has 3 heterocycles. The minimum Gasteiger partial charge on any atom is -0.361 e. The van der Waals surface area contributed by atoms with E-state index in [1.807, 2.05) is 13.8 Å². The number of nitrogens with one attached hydrogen (secondary N) is 2. The van der Waals surface area contributed by atoms with Gasteiger partial charge in [-0.3, -0.25) is 4.79 Å².